The highest BCUT2D eigenvalue weighted by atomic mass is 16.6. The summed E-state index contributed by atoms with van der Waals surface area (Å²) in [6.45, 7) is 0. The van der Waals surface area contributed by atoms with Crippen LogP contribution >= 0.6 is 0 Å². The predicted molar refractivity (Wildman–Crippen MR) is 72.5 cm³/mol. The lowest BCUT2D eigenvalue weighted by Crippen LogP contribution is -1.89. The van der Waals surface area contributed by atoms with Crippen LogP contribution in [0.3, 0.4) is 0 Å². The highest BCUT2D eigenvalue weighted by molar-refractivity contribution is 5.94. The van der Waals surface area contributed by atoms with Crippen molar-refractivity contribution < 1.29 is 9.66 Å². The van der Waals surface area contributed by atoms with Crippen molar-refractivity contribution in [3.63, 3.8) is 0 Å². The molecule has 3 rings (SSSR count). The summed E-state index contributed by atoms with van der Waals surface area (Å²) >= 11 is 0. The van der Waals surface area contributed by atoms with Gasteiger partial charge in [-0.05, 0) is 30.3 Å². The standard InChI is InChI=1S/C14H10N2O3/c1-19-12-4-5-13-10(7-12)6-9-2-3-11(16(17)18)8-14(9)15-13/h2-8H,1H3. The first kappa shape index (κ1) is 11.4. The molecule has 1 aromatic heterocycles. The van der Waals surface area contributed by atoms with Crippen LogP contribution in [-0.4, -0.2) is 17.0 Å². The molecular weight excluding hydrogens is 244 g/mol. The molecule has 0 unspecified atom stereocenters. The molecular formula is C14H10N2O3. The molecule has 2 aromatic carbocycles. The fourth-order valence-electron chi connectivity index (χ4n) is 2.04. The van der Waals surface area contributed by atoms with E-state index in [1.54, 1.807) is 13.2 Å². The monoisotopic (exact) mass is 254 g/mol. The first-order chi connectivity index (χ1) is 9.17. The summed E-state index contributed by atoms with van der Waals surface area (Å²) in [5, 5.41) is 12.6. The molecule has 0 saturated heterocycles. The highest BCUT2D eigenvalue weighted by Gasteiger charge is 2.08. The number of benzene rings is 2. The molecule has 0 radical (unpaired) electrons. The number of fused-ring (bicyclic) bond motifs is 2. The fraction of sp³-hybridized carbons (Fsp3) is 0.0714. The smallest absolute Gasteiger partial charge is 0.271 e. The summed E-state index contributed by atoms with van der Waals surface area (Å²) in [6, 6.07) is 12.2. The van der Waals surface area contributed by atoms with Gasteiger partial charge >= 0.3 is 0 Å². The van der Waals surface area contributed by atoms with Crippen molar-refractivity contribution in [2.24, 2.45) is 0 Å². The number of non-ortho nitro benzene ring substituents is 1. The number of pyridine rings is 1. The molecule has 0 aliphatic carbocycles. The summed E-state index contributed by atoms with van der Waals surface area (Å²) in [4.78, 5) is 14.8. The molecule has 0 atom stereocenters. The van der Waals surface area contributed by atoms with Crippen molar-refractivity contribution >= 4 is 27.5 Å². The topological polar surface area (TPSA) is 65.3 Å². The van der Waals surface area contributed by atoms with Gasteiger partial charge in [0, 0.05) is 22.9 Å². The predicted octanol–water partition coefficient (Wildman–Crippen LogP) is 3.30. The molecule has 0 spiro atoms. The maximum Gasteiger partial charge on any atom is 0.271 e. The number of methoxy groups -OCH3 is 1. The van der Waals surface area contributed by atoms with Gasteiger partial charge in [-0.3, -0.25) is 10.1 Å². The molecule has 0 aliphatic heterocycles. The number of nitro groups is 1. The Morgan fingerprint density at radius 2 is 1.89 bits per heavy atom. The van der Waals surface area contributed by atoms with E-state index in [2.05, 4.69) is 4.98 Å². The Kier molecular flexibility index (Phi) is 2.52. The molecule has 0 fully saturated rings. The minimum Gasteiger partial charge on any atom is -0.497 e. The molecule has 5 heteroatoms. The van der Waals surface area contributed by atoms with Crippen LogP contribution in [0.5, 0.6) is 5.75 Å². The van der Waals surface area contributed by atoms with Gasteiger partial charge in [0.2, 0.25) is 0 Å². The second kappa shape index (κ2) is 4.20. The normalized spacial score (nSPS) is 10.8. The molecule has 5 nitrogen and oxygen atoms in total. The van der Waals surface area contributed by atoms with Crippen LogP contribution < -0.4 is 4.74 Å². The second-order valence-electron chi connectivity index (χ2n) is 4.18. The van der Waals surface area contributed by atoms with E-state index in [4.69, 9.17) is 4.74 Å². The molecule has 19 heavy (non-hydrogen) atoms. The van der Waals surface area contributed by atoms with Gasteiger partial charge in [0.1, 0.15) is 5.75 Å². The van der Waals surface area contributed by atoms with E-state index < -0.39 is 4.92 Å². The average molecular weight is 254 g/mol. The Morgan fingerprint density at radius 3 is 2.63 bits per heavy atom. The van der Waals surface area contributed by atoms with Gasteiger partial charge in [-0.2, -0.15) is 0 Å². The number of hydrogen-bond acceptors (Lipinski definition) is 4. The van der Waals surface area contributed by atoms with Crippen LogP contribution in [0.1, 0.15) is 0 Å². The van der Waals surface area contributed by atoms with Crippen LogP contribution in [0.15, 0.2) is 42.5 Å². The fourth-order valence-corrected chi connectivity index (χ4v) is 2.04. The van der Waals surface area contributed by atoms with E-state index in [-0.39, 0.29) is 5.69 Å². The van der Waals surface area contributed by atoms with Gasteiger partial charge in [0.15, 0.2) is 0 Å². The summed E-state index contributed by atoms with van der Waals surface area (Å²) in [5.41, 5.74) is 1.45. The van der Waals surface area contributed by atoms with Crippen LogP contribution in [0.2, 0.25) is 0 Å². The van der Waals surface area contributed by atoms with Gasteiger partial charge in [0.05, 0.1) is 23.1 Å². The lowest BCUT2D eigenvalue weighted by molar-refractivity contribution is -0.384. The van der Waals surface area contributed by atoms with Crippen molar-refractivity contribution in [1.29, 1.82) is 0 Å². The molecule has 0 aliphatic rings. The SMILES string of the molecule is COc1ccc2nc3cc([N+](=O)[O-])ccc3cc2c1. The number of hydrogen-bond donors (Lipinski definition) is 0. The van der Waals surface area contributed by atoms with Crippen LogP contribution in [-0.2, 0) is 0 Å². The molecule has 3 aromatic rings. The van der Waals surface area contributed by atoms with Crippen LogP contribution in [0, 0.1) is 10.1 Å². The number of nitro benzene ring substituents is 1. The van der Waals surface area contributed by atoms with Gasteiger partial charge in [0.25, 0.3) is 5.69 Å². The zero-order valence-corrected chi connectivity index (χ0v) is 10.2. The minimum absolute atomic E-state index is 0.0489. The lowest BCUT2D eigenvalue weighted by atomic mass is 10.1. The van der Waals surface area contributed by atoms with E-state index in [1.165, 1.54) is 12.1 Å². The Labute approximate surface area is 108 Å². The number of ether oxygens (including phenoxy) is 1. The Balaban J connectivity index is 2.28. The average Bonchev–Trinajstić information content (AvgIpc) is 2.43. The third-order valence-corrected chi connectivity index (χ3v) is 3.01. The zero-order chi connectivity index (χ0) is 13.4. The van der Waals surface area contributed by atoms with Gasteiger partial charge in [-0.15, -0.1) is 0 Å². The number of nitrogens with zero attached hydrogens (tertiary/aromatic N) is 2. The minimum atomic E-state index is -0.417. The van der Waals surface area contributed by atoms with E-state index in [0.29, 0.717) is 5.52 Å². The summed E-state index contributed by atoms with van der Waals surface area (Å²) in [7, 11) is 1.61. The summed E-state index contributed by atoms with van der Waals surface area (Å²) < 4.78 is 5.17. The lowest BCUT2D eigenvalue weighted by Gasteiger charge is -2.04. The van der Waals surface area contributed by atoms with Crippen molar-refractivity contribution in [1.82, 2.24) is 4.98 Å². The molecule has 0 N–H and O–H groups in total. The van der Waals surface area contributed by atoms with E-state index in [0.717, 1.165) is 22.0 Å². The maximum absolute atomic E-state index is 10.8. The molecule has 0 saturated carbocycles. The van der Waals surface area contributed by atoms with Crippen molar-refractivity contribution in [2.75, 3.05) is 7.11 Å². The van der Waals surface area contributed by atoms with Gasteiger partial charge in [-0.1, -0.05) is 0 Å². The van der Waals surface area contributed by atoms with Crippen LogP contribution in [0.4, 0.5) is 5.69 Å². The Morgan fingerprint density at radius 1 is 1.05 bits per heavy atom. The third kappa shape index (κ3) is 1.95. The Bertz CT molecular complexity index is 799. The summed E-state index contributed by atoms with van der Waals surface area (Å²) in [6.07, 6.45) is 0. The summed E-state index contributed by atoms with van der Waals surface area (Å²) in [5.74, 6) is 0.760. The zero-order valence-electron chi connectivity index (χ0n) is 10.2. The number of rotatable bonds is 2. The van der Waals surface area contributed by atoms with Crippen molar-refractivity contribution in [3.05, 3.63) is 52.6 Å². The van der Waals surface area contributed by atoms with E-state index in [1.807, 2.05) is 24.3 Å². The molecule has 0 bridgehead atoms. The van der Waals surface area contributed by atoms with E-state index in [9.17, 15) is 10.1 Å². The molecule has 94 valence electrons. The third-order valence-electron chi connectivity index (χ3n) is 3.01. The van der Waals surface area contributed by atoms with Crippen molar-refractivity contribution in [2.45, 2.75) is 0 Å². The van der Waals surface area contributed by atoms with Gasteiger partial charge in [-0.25, -0.2) is 4.98 Å². The molecule has 0 amide bonds. The van der Waals surface area contributed by atoms with E-state index >= 15 is 0 Å². The Hall–Kier alpha value is -2.69. The first-order valence-electron chi connectivity index (χ1n) is 5.70. The first-order valence-corrected chi connectivity index (χ1v) is 5.70. The molecule has 1 heterocycles. The van der Waals surface area contributed by atoms with Gasteiger partial charge < -0.3 is 4.74 Å². The quantitative estimate of drug-likeness (QED) is 0.400. The van der Waals surface area contributed by atoms with Crippen LogP contribution in [0.25, 0.3) is 21.8 Å². The van der Waals surface area contributed by atoms with Crippen molar-refractivity contribution in [3.8, 4) is 5.75 Å². The number of aromatic nitrogens is 1. The second-order valence-corrected chi connectivity index (χ2v) is 4.18. The maximum atomic E-state index is 10.8. The highest BCUT2D eigenvalue weighted by Crippen LogP contribution is 2.25. The largest absolute Gasteiger partial charge is 0.497 e.